The highest BCUT2D eigenvalue weighted by molar-refractivity contribution is 8.14. The van der Waals surface area contributed by atoms with E-state index in [1.165, 1.54) is 28.5 Å². The van der Waals surface area contributed by atoms with E-state index < -0.39 is 5.54 Å². The van der Waals surface area contributed by atoms with Crippen LogP contribution in [0.5, 0.6) is 0 Å². The van der Waals surface area contributed by atoms with Crippen LogP contribution in [0.25, 0.3) is 0 Å². The molecule has 3 aromatic rings. The molecule has 33 heavy (non-hydrogen) atoms. The zero-order valence-electron chi connectivity index (χ0n) is 18.9. The van der Waals surface area contributed by atoms with Crippen molar-refractivity contribution < 1.29 is 4.79 Å². The first-order valence-electron chi connectivity index (χ1n) is 11.3. The van der Waals surface area contributed by atoms with Crippen molar-refractivity contribution in [1.29, 1.82) is 5.26 Å². The van der Waals surface area contributed by atoms with Crippen LogP contribution in [0.1, 0.15) is 36.5 Å². The molecule has 1 aliphatic heterocycles. The fourth-order valence-electron chi connectivity index (χ4n) is 4.94. The first-order chi connectivity index (χ1) is 16.2. The van der Waals surface area contributed by atoms with Gasteiger partial charge in [0.25, 0.3) is 0 Å². The fraction of sp³-hybridized carbons (Fsp3) is 0.241. The molecule has 1 heterocycles. The highest BCUT2D eigenvalue weighted by Crippen LogP contribution is 2.45. The molecule has 0 bridgehead atoms. The third kappa shape index (κ3) is 4.80. The molecule has 0 amide bonds. The third-order valence-corrected chi connectivity index (χ3v) is 7.42. The maximum Gasteiger partial charge on any atom is 0.186 e. The van der Waals surface area contributed by atoms with Gasteiger partial charge in [0.1, 0.15) is 0 Å². The average Bonchev–Trinajstić information content (AvgIpc) is 2.86. The lowest BCUT2D eigenvalue weighted by Gasteiger charge is -2.49. The van der Waals surface area contributed by atoms with Gasteiger partial charge in [-0.05, 0) is 28.7 Å². The minimum atomic E-state index is -0.485. The topological polar surface area (TPSA) is 44.1 Å². The Morgan fingerprint density at radius 2 is 1.45 bits per heavy atom. The van der Waals surface area contributed by atoms with Crippen LogP contribution >= 0.6 is 11.8 Å². The van der Waals surface area contributed by atoms with Crippen molar-refractivity contribution in [2.75, 3.05) is 13.1 Å². The predicted octanol–water partition coefficient (Wildman–Crippen LogP) is 6.17. The number of benzene rings is 3. The zero-order chi connectivity index (χ0) is 23.1. The molecule has 0 spiro atoms. The van der Waals surface area contributed by atoms with Gasteiger partial charge in [-0.15, -0.1) is 0 Å². The summed E-state index contributed by atoms with van der Waals surface area (Å²) in [5.41, 5.74) is 4.30. The number of allylic oxidation sites excluding steroid dienone is 1. The van der Waals surface area contributed by atoms with Crippen molar-refractivity contribution in [3.8, 4) is 6.07 Å². The van der Waals surface area contributed by atoms with Crippen molar-refractivity contribution in [1.82, 2.24) is 4.90 Å². The molecule has 1 atom stereocenters. The van der Waals surface area contributed by atoms with E-state index in [1.807, 2.05) is 6.08 Å². The number of piperidine rings is 1. The number of rotatable bonds is 6. The standard InChI is InChI=1S/C29H28N2OS/c1-23(32)33-28-19-21-31(22-24(28)12-11-20-30)29(25-13-5-2-6-14-25,26-15-7-3-8-16-26)27-17-9-4-10-18-27/h2-10,12-18,28H,11,19,21-22H2,1H3/b24-12+. The van der Waals surface area contributed by atoms with Gasteiger partial charge in [-0.1, -0.05) is 109 Å². The van der Waals surface area contributed by atoms with Gasteiger partial charge in [0, 0.05) is 25.3 Å². The summed E-state index contributed by atoms with van der Waals surface area (Å²) in [6, 6.07) is 34.2. The molecule has 1 saturated heterocycles. The number of thioether (sulfide) groups is 1. The van der Waals surface area contributed by atoms with E-state index in [9.17, 15) is 10.1 Å². The quantitative estimate of drug-likeness (QED) is 0.331. The highest BCUT2D eigenvalue weighted by atomic mass is 32.2. The van der Waals surface area contributed by atoms with Crippen LogP contribution in [0, 0.1) is 11.3 Å². The average molecular weight is 453 g/mol. The minimum absolute atomic E-state index is 0.118. The lowest BCUT2D eigenvalue weighted by atomic mass is 9.74. The highest BCUT2D eigenvalue weighted by Gasteiger charge is 2.44. The first-order valence-corrected chi connectivity index (χ1v) is 12.2. The summed E-state index contributed by atoms with van der Waals surface area (Å²) in [5, 5.41) is 9.48. The van der Waals surface area contributed by atoms with Crippen molar-refractivity contribution in [3.63, 3.8) is 0 Å². The summed E-state index contributed by atoms with van der Waals surface area (Å²) < 4.78 is 0. The normalized spacial score (nSPS) is 18.1. The van der Waals surface area contributed by atoms with Gasteiger partial charge >= 0.3 is 0 Å². The van der Waals surface area contributed by atoms with E-state index in [-0.39, 0.29) is 10.4 Å². The maximum absolute atomic E-state index is 11.9. The van der Waals surface area contributed by atoms with E-state index in [1.54, 1.807) is 6.92 Å². The number of nitrogens with zero attached hydrogens (tertiary/aromatic N) is 2. The second-order valence-electron chi connectivity index (χ2n) is 8.26. The molecule has 0 aliphatic carbocycles. The second kappa shape index (κ2) is 10.7. The second-order valence-corrected chi connectivity index (χ2v) is 9.64. The molecule has 3 nitrogen and oxygen atoms in total. The summed E-state index contributed by atoms with van der Waals surface area (Å²) in [6.07, 6.45) is 3.24. The van der Waals surface area contributed by atoms with Gasteiger partial charge in [0.2, 0.25) is 0 Å². The lowest BCUT2D eigenvalue weighted by Crippen LogP contribution is -2.52. The van der Waals surface area contributed by atoms with Gasteiger partial charge < -0.3 is 0 Å². The molecule has 0 saturated carbocycles. The minimum Gasteiger partial charge on any atom is -0.288 e. The Bertz CT molecular complexity index is 1040. The Morgan fingerprint density at radius 1 is 0.970 bits per heavy atom. The molecule has 4 rings (SSSR count). The zero-order valence-corrected chi connectivity index (χ0v) is 19.7. The Kier molecular flexibility index (Phi) is 7.44. The Labute approximate surface area is 200 Å². The summed E-state index contributed by atoms with van der Waals surface area (Å²) in [7, 11) is 0. The number of nitriles is 1. The van der Waals surface area contributed by atoms with Crippen LogP contribution in [-0.4, -0.2) is 28.4 Å². The summed E-state index contributed by atoms with van der Waals surface area (Å²) in [5.74, 6) is 0. The van der Waals surface area contributed by atoms with Gasteiger partial charge in [0.15, 0.2) is 5.12 Å². The van der Waals surface area contributed by atoms with Gasteiger partial charge in [-0.25, -0.2) is 0 Å². The molecule has 1 aliphatic rings. The van der Waals surface area contributed by atoms with Gasteiger partial charge in [-0.3, -0.25) is 9.69 Å². The molecule has 0 N–H and O–H groups in total. The SMILES string of the molecule is CC(=O)SC1CCN(C(c2ccccc2)(c2ccccc2)c2ccccc2)C/C1=C\CC#N. The van der Waals surface area contributed by atoms with E-state index in [0.717, 1.165) is 18.5 Å². The van der Waals surface area contributed by atoms with Gasteiger partial charge in [0.05, 0.1) is 18.0 Å². The van der Waals surface area contributed by atoms with E-state index in [2.05, 4.69) is 102 Å². The molecular formula is C29H28N2OS. The Morgan fingerprint density at radius 3 is 1.88 bits per heavy atom. The van der Waals surface area contributed by atoms with Crippen molar-refractivity contribution >= 4 is 16.9 Å². The van der Waals surface area contributed by atoms with E-state index in [0.29, 0.717) is 13.0 Å². The smallest absolute Gasteiger partial charge is 0.186 e. The Balaban J connectivity index is 1.90. The first kappa shape index (κ1) is 23.0. The summed E-state index contributed by atoms with van der Waals surface area (Å²) in [4.78, 5) is 14.5. The summed E-state index contributed by atoms with van der Waals surface area (Å²) >= 11 is 1.39. The van der Waals surface area contributed by atoms with Crippen LogP contribution < -0.4 is 0 Å². The van der Waals surface area contributed by atoms with Crippen LogP contribution in [0.15, 0.2) is 103 Å². The number of likely N-dealkylation sites (tertiary alicyclic amines) is 1. The van der Waals surface area contributed by atoms with Crippen molar-refractivity contribution in [2.24, 2.45) is 0 Å². The largest absolute Gasteiger partial charge is 0.288 e. The van der Waals surface area contributed by atoms with E-state index in [4.69, 9.17) is 0 Å². The lowest BCUT2D eigenvalue weighted by molar-refractivity contribution is -0.109. The number of hydrogen-bond donors (Lipinski definition) is 0. The number of hydrogen-bond acceptors (Lipinski definition) is 4. The number of carbonyl (C=O) groups excluding carboxylic acids is 1. The van der Waals surface area contributed by atoms with Crippen molar-refractivity contribution in [3.05, 3.63) is 119 Å². The van der Waals surface area contributed by atoms with Crippen LogP contribution in [0.3, 0.4) is 0 Å². The molecule has 166 valence electrons. The molecule has 4 heteroatoms. The monoisotopic (exact) mass is 452 g/mol. The molecule has 0 aromatic heterocycles. The van der Waals surface area contributed by atoms with Crippen LogP contribution in [-0.2, 0) is 10.3 Å². The fourth-order valence-corrected chi connectivity index (χ4v) is 5.89. The molecule has 1 unspecified atom stereocenters. The third-order valence-electron chi connectivity index (χ3n) is 6.26. The van der Waals surface area contributed by atoms with E-state index >= 15 is 0 Å². The maximum atomic E-state index is 11.9. The van der Waals surface area contributed by atoms with Crippen LogP contribution in [0.2, 0.25) is 0 Å². The molecule has 3 aromatic carbocycles. The van der Waals surface area contributed by atoms with Gasteiger partial charge in [-0.2, -0.15) is 5.26 Å². The number of carbonyl (C=O) groups is 1. The molecular weight excluding hydrogens is 424 g/mol. The molecule has 1 fully saturated rings. The molecule has 0 radical (unpaired) electrons. The predicted molar refractivity (Wildman–Crippen MR) is 136 cm³/mol. The summed E-state index contributed by atoms with van der Waals surface area (Å²) in [6.45, 7) is 3.17. The van der Waals surface area contributed by atoms with Crippen LogP contribution in [0.4, 0.5) is 0 Å². The van der Waals surface area contributed by atoms with Crippen molar-refractivity contribution in [2.45, 2.75) is 30.6 Å². The Hall–Kier alpha value is -3.13.